The van der Waals surface area contributed by atoms with Crippen LogP contribution < -0.4 is 4.90 Å². The van der Waals surface area contributed by atoms with Gasteiger partial charge >= 0.3 is 0 Å². The Morgan fingerprint density at radius 2 is 1.66 bits per heavy atom. The third-order valence-corrected chi connectivity index (χ3v) is 9.31. The van der Waals surface area contributed by atoms with Gasteiger partial charge in [0, 0.05) is 30.3 Å². The van der Waals surface area contributed by atoms with Gasteiger partial charge in [-0.25, -0.2) is 0 Å². The Hall–Kier alpha value is -3.46. The summed E-state index contributed by atoms with van der Waals surface area (Å²) in [5.74, 6) is -2.61. The van der Waals surface area contributed by atoms with Crippen molar-refractivity contribution in [2.24, 2.45) is 11.8 Å². The Kier molecular flexibility index (Phi) is 7.04. The van der Waals surface area contributed by atoms with E-state index in [0.29, 0.717) is 30.2 Å². The number of rotatable bonds is 6. The lowest BCUT2D eigenvalue weighted by Crippen LogP contribution is -2.58. The number of likely N-dealkylation sites (tertiary alicyclic amines) is 1. The van der Waals surface area contributed by atoms with Gasteiger partial charge in [-0.05, 0) is 43.2 Å². The summed E-state index contributed by atoms with van der Waals surface area (Å²) in [4.78, 5) is 48.2. The monoisotopic (exact) mass is 575 g/mol. The SMILES string of the molecule is CC[C@@]12C=CCN(Cc3ccccc3)C(=O)[C@@H]1[C@H]1C(=O)N([C@H](C)CO)C3C(=O)N(c4ccc(Cl)cc4)CC=C[C@@]31O2. The van der Waals surface area contributed by atoms with Gasteiger partial charge in [0.25, 0.3) is 5.91 Å². The molecular formula is C32H34ClN3O5. The number of hydrogen-bond donors (Lipinski definition) is 1. The molecule has 0 bridgehead atoms. The molecule has 214 valence electrons. The number of anilines is 1. The van der Waals surface area contributed by atoms with E-state index in [1.807, 2.05) is 61.6 Å². The van der Waals surface area contributed by atoms with Crippen LogP contribution in [0.15, 0.2) is 78.9 Å². The van der Waals surface area contributed by atoms with E-state index in [1.165, 1.54) is 4.90 Å². The standard InChI is InChI=1S/C32H34ClN3O5/c1-3-31-15-7-17-34(19-22-9-5-4-6-10-22)28(38)25(31)26-29(39)36(21(2)20-37)27-30(40)35(18-8-16-32(26,27)41-31)24-13-11-23(33)12-14-24/h4-16,21,25-27,37H,3,17-20H2,1-2H3/t21-,25+,26+,27?,31-,32+/m1/s1. The van der Waals surface area contributed by atoms with Crippen molar-refractivity contribution in [3.05, 3.63) is 89.5 Å². The second-order valence-electron chi connectivity index (χ2n) is 11.3. The fourth-order valence-corrected chi connectivity index (χ4v) is 7.24. The van der Waals surface area contributed by atoms with Crippen molar-refractivity contribution in [1.82, 2.24) is 9.80 Å². The van der Waals surface area contributed by atoms with Gasteiger partial charge in [-0.3, -0.25) is 14.4 Å². The molecule has 0 aromatic heterocycles. The van der Waals surface area contributed by atoms with Gasteiger partial charge in [0.15, 0.2) is 0 Å². The van der Waals surface area contributed by atoms with Crippen LogP contribution in [0.3, 0.4) is 0 Å². The van der Waals surface area contributed by atoms with Crippen LogP contribution in [-0.4, -0.2) is 75.6 Å². The number of ether oxygens (including phenoxy) is 1. The fraction of sp³-hybridized carbons (Fsp3) is 0.406. The Morgan fingerprint density at radius 3 is 2.34 bits per heavy atom. The van der Waals surface area contributed by atoms with E-state index in [0.717, 1.165) is 5.56 Å². The van der Waals surface area contributed by atoms with Crippen LogP contribution in [0.1, 0.15) is 25.8 Å². The molecule has 3 amide bonds. The summed E-state index contributed by atoms with van der Waals surface area (Å²) >= 11 is 6.11. The van der Waals surface area contributed by atoms with E-state index < -0.39 is 35.1 Å². The third kappa shape index (κ3) is 4.23. The maximum Gasteiger partial charge on any atom is 0.253 e. The van der Waals surface area contributed by atoms with Crippen molar-refractivity contribution in [3.63, 3.8) is 0 Å². The molecule has 41 heavy (non-hydrogen) atoms. The lowest BCUT2D eigenvalue weighted by molar-refractivity contribution is -0.152. The minimum absolute atomic E-state index is 0.173. The summed E-state index contributed by atoms with van der Waals surface area (Å²) in [6.45, 7) is 4.38. The lowest BCUT2D eigenvalue weighted by atomic mass is 9.73. The maximum atomic E-state index is 14.5. The number of benzene rings is 2. The first-order valence-electron chi connectivity index (χ1n) is 14.1. The second kappa shape index (κ2) is 10.4. The highest BCUT2D eigenvalue weighted by atomic mass is 35.5. The molecule has 9 heteroatoms. The minimum Gasteiger partial charge on any atom is -0.394 e. The number of halogens is 1. The van der Waals surface area contributed by atoms with E-state index in [-0.39, 0.29) is 30.9 Å². The predicted molar refractivity (Wildman–Crippen MR) is 155 cm³/mol. The molecular weight excluding hydrogens is 542 g/mol. The van der Waals surface area contributed by atoms with E-state index in [4.69, 9.17) is 16.3 Å². The molecule has 4 aliphatic heterocycles. The van der Waals surface area contributed by atoms with Crippen LogP contribution >= 0.6 is 11.6 Å². The topological polar surface area (TPSA) is 90.4 Å². The van der Waals surface area contributed by atoms with Crippen molar-refractivity contribution in [3.8, 4) is 0 Å². The molecule has 4 aliphatic rings. The molecule has 6 atom stereocenters. The molecule has 8 nitrogen and oxygen atoms in total. The minimum atomic E-state index is -1.38. The maximum absolute atomic E-state index is 14.5. The van der Waals surface area contributed by atoms with Gasteiger partial charge in [-0.1, -0.05) is 73.2 Å². The van der Waals surface area contributed by atoms with Crippen molar-refractivity contribution < 1.29 is 24.2 Å². The Morgan fingerprint density at radius 1 is 0.951 bits per heavy atom. The van der Waals surface area contributed by atoms with Gasteiger partial charge in [-0.15, -0.1) is 0 Å². The second-order valence-corrected chi connectivity index (χ2v) is 11.8. The van der Waals surface area contributed by atoms with Gasteiger partial charge in [0.2, 0.25) is 11.8 Å². The van der Waals surface area contributed by atoms with Crippen molar-refractivity contribution in [2.45, 2.75) is 50.1 Å². The summed E-state index contributed by atoms with van der Waals surface area (Å²) in [7, 11) is 0. The van der Waals surface area contributed by atoms with Gasteiger partial charge in [-0.2, -0.15) is 0 Å². The van der Waals surface area contributed by atoms with Crippen molar-refractivity contribution in [2.75, 3.05) is 24.6 Å². The molecule has 2 aromatic carbocycles. The summed E-state index contributed by atoms with van der Waals surface area (Å²) in [5, 5.41) is 10.7. The third-order valence-electron chi connectivity index (χ3n) is 9.05. The largest absolute Gasteiger partial charge is 0.394 e. The van der Waals surface area contributed by atoms with Crippen LogP contribution in [0.2, 0.25) is 5.02 Å². The van der Waals surface area contributed by atoms with Gasteiger partial charge in [0.05, 0.1) is 30.1 Å². The average Bonchev–Trinajstić information content (AvgIpc) is 3.29. The number of aliphatic hydroxyl groups excluding tert-OH is 1. The summed E-state index contributed by atoms with van der Waals surface area (Å²) < 4.78 is 6.98. The number of fused-ring (bicyclic) bond motifs is 2. The van der Waals surface area contributed by atoms with Crippen molar-refractivity contribution >= 4 is 35.0 Å². The Labute approximate surface area is 244 Å². The van der Waals surface area contributed by atoms with Crippen LogP contribution in [-0.2, 0) is 25.7 Å². The zero-order valence-electron chi connectivity index (χ0n) is 23.2. The smallest absolute Gasteiger partial charge is 0.253 e. The molecule has 2 aromatic rings. The van der Waals surface area contributed by atoms with Crippen LogP contribution in [0.25, 0.3) is 0 Å². The summed E-state index contributed by atoms with van der Waals surface area (Å²) in [5.41, 5.74) is -0.817. The van der Waals surface area contributed by atoms with E-state index in [2.05, 4.69) is 0 Å². The zero-order chi connectivity index (χ0) is 28.9. The van der Waals surface area contributed by atoms with Crippen LogP contribution in [0, 0.1) is 11.8 Å². The van der Waals surface area contributed by atoms with Crippen LogP contribution in [0.4, 0.5) is 5.69 Å². The first-order valence-corrected chi connectivity index (χ1v) is 14.5. The number of carbonyl (C=O) groups is 3. The molecule has 6 rings (SSSR count). The molecule has 1 N–H and O–H groups in total. The highest BCUT2D eigenvalue weighted by Gasteiger charge is 2.75. The van der Waals surface area contributed by atoms with Crippen LogP contribution in [0.5, 0.6) is 0 Å². The first-order chi connectivity index (χ1) is 19.8. The Balaban J connectivity index is 1.46. The number of hydrogen-bond acceptors (Lipinski definition) is 5. The molecule has 1 unspecified atom stereocenters. The number of aliphatic hydroxyl groups is 1. The fourth-order valence-electron chi connectivity index (χ4n) is 7.11. The highest BCUT2D eigenvalue weighted by Crippen LogP contribution is 2.59. The van der Waals surface area contributed by atoms with Gasteiger partial charge < -0.3 is 24.5 Å². The summed E-state index contributed by atoms with van der Waals surface area (Å²) in [6, 6.07) is 15.0. The van der Waals surface area contributed by atoms with Crippen molar-refractivity contribution in [1.29, 1.82) is 0 Å². The molecule has 2 fully saturated rings. The quantitative estimate of drug-likeness (QED) is 0.532. The normalized spacial score (nSPS) is 31.6. The highest BCUT2D eigenvalue weighted by molar-refractivity contribution is 6.30. The van der Waals surface area contributed by atoms with Gasteiger partial charge in [0.1, 0.15) is 11.6 Å². The summed E-state index contributed by atoms with van der Waals surface area (Å²) in [6.07, 6.45) is 8.00. The van der Waals surface area contributed by atoms with E-state index in [1.54, 1.807) is 41.0 Å². The average molecular weight is 576 g/mol. The van der Waals surface area contributed by atoms with E-state index >= 15 is 0 Å². The van der Waals surface area contributed by atoms with E-state index in [9.17, 15) is 19.5 Å². The number of carbonyl (C=O) groups excluding carboxylic acids is 3. The first kappa shape index (κ1) is 27.7. The Bertz CT molecular complexity index is 1410. The predicted octanol–water partition coefficient (Wildman–Crippen LogP) is 3.58. The number of nitrogens with zero attached hydrogens (tertiary/aromatic N) is 3. The lowest BCUT2D eigenvalue weighted by Gasteiger charge is -2.40. The molecule has 0 saturated carbocycles. The molecule has 0 aliphatic carbocycles. The number of amides is 3. The molecule has 0 radical (unpaired) electrons. The zero-order valence-corrected chi connectivity index (χ0v) is 23.9. The molecule has 1 spiro atoms. The molecule has 4 heterocycles. The molecule has 2 saturated heterocycles.